The Balaban J connectivity index is 2.32. The fourth-order valence-electron chi connectivity index (χ4n) is 1.74. The van der Waals surface area contributed by atoms with Crippen LogP contribution in [-0.2, 0) is 16.0 Å². The molecule has 0 bridgehead atoms. The summed E-state index contributed by atoms with van der Waals surface area (Å²) in [5.74, 6) is 0.766. The molecule has 21 heavy (non-hydrogen) atoms. The zero-order valence-corrected chi connectivity index (χ0v) is 12.8. The summed E-state index contributed by atoms with van der Waals surface area (Å²) in [4.78, 5) is 11.7. The third-order valence-electron chi connectivity index (χ3n) is 2.72. The maximum absolute atomic E-state index is 11.7. The van der Waals surface area contributed by atoms with E-state index in [4.69, 9.17) is 14.2 Å². The second kappa shape index (κ2) is 10.0. The van der Waals surface area contributed by atoms with Gasteiger partial charge >= 0.3 is 6.03 Å². The van der Waals surface area contributed by atoms with E-state index in [0.717, 1.165) is 11.3 Å². The molecule has 0 spiro atoms. The van der Waals surface area contributed by atoms with Crippen molar-refractivity contribution in [2.45, 2.75) is 26.7 Å². The van der Waals surface area contributed by atoms with Crippen LogP contribution >= 0.6 is 0 Å². The Morgan fingerprint density at radius 1 is 1.19 bits per heavy atom. The number of ether oxygens (including phenoxy) is 3. The van der Waals surface area contributed by atoms with Gasteiger partial charge in [-0.05, 0) is 31.5 Å². The Morgan fingerprint density at radius 2 is 1.90 bits per heavy atom. The smallest absolute Gasteiger partial charge is 0.315 e. The van der Waals surface area contributed by atoms with Gasteiger partial charge in [0.25, 0.3) is 0 Å². The predicted molar refractivity (Wildman–Crippen MR) is 80.3 cm³/mol. The molecule has 0 fully saturated rings. The Bertz CT molecular complexity index is 420. The van der Waals surface area contributed by atoms with E-state index in [1.54, 1.807) is 7.11 Å². The first kappa shape index (κ1) is 17.3. The van der Waals surface area contributed by atoms with E-state index in [-0.39, 0.29) is 6.03 Å². The summed E-state index contributed by atoms with van der Waals surface area (Å²) < 4.78 is 15.8. The molecular weight excluding hydrogens is 272 g/mol. The molecule has 118 valence electrons. The summed E-state index contributed by atoms with van der Waals surface area (Å²) in [5.41, 5.74) is 0.968. The van der Waals surface area contributed by atoms with Gasteiger partial charge in [0.2, 0.25) is 0 Å². The van der Waals surface area contributed by atoms with Crippen LogP contribution in [0.5, 0.6) is 5.75 Å². The molecule has 6 nitrogen and oxygen atoms in total. The normalized spacial score (nSPS) is 10.5. The summed E-state index contributed by atoms with van der Waals surface area (Å²) in [7, 11) is 1.61. The maximum atomic E-state index is 11.7. The van der Waals surface area contributed by atoms with Crippen molar-refractivity contribution in [2.75, 3.05) is 26.9 Å². The largest absolute Gasteiger partial charge is 0.497 e. The lowest BCUT2D eigenvalue weighted by atomic mass is 10.2. The fourth-order valence-corrected chi connectivity index (χ4v) is 1.74. The van der Waals surface area contributed by atoms with Gasteiger partial charge in [-0.3, -0.25) is 0 Å². The molecule has 1 aromatic carbocycles. The summed E-state index contributed by atoms with van der Waals surface area (Å²) in [6.45, 7) is 5.59. The number of methoxy groups -OCH3 is 1. The highest BCUT2D eigenvalue weighted by Crippen LogP contribution is 2.11. The second-order valence-corrected chi connectivity index (χ2v) is 4.26. The zero-order valence-electron chi connectivity index (χ0n) is 12.8. The predicted octanol–water partition coefficient (Wildman–Crippen LogP) is 1.89. The second-order valence-electron chi connectivity index (χ2n) is 4.26. The van der Waals surface area contributed by atoms with Crippen molar-refractivity contribution < 1.29 is 19.0 Å². The van der Waals surface area contributed by atoms with Crippen molar-refractivity contribution in [1.29, 1.82) is 0 Å². The average molecular weight is 296 g/mol. The van der Waals surface area contributed by atoms with Gasteiger partial charge in [0.1, 0.15) is 5.75 Å². The fraction of sp³-hybridized carbons (Fsp3) is 0.533. The Labute approximate surface area is 125 Å². The highest BCUT2D eigenvalue weighted by molar-refractivity contribution is 5.73. The molecule has 0 radical (unpaired) electrons. The van der Waals surface area contributed by atoms with Gasteiger partial charge in [-0.25, -0.2) is 4.79 Å². The molecule has 0 aliphatic rings. The number of rotatable bonds is 9. The van der Waals surface area contributed by atoms with Crippen molar-refractivity contribution in [2.24, 2.45) is 0 Å². The van der Waals surface area contributed by atoms with E-state index >= 15 is 0 Å². The van der Waals surface area contributed by atoms with Gasteiger partial charge in [0.15, 0.2) is 6.29 Å². The Kier molecular flexibility index (Phi) is 8.23. The summed E-state index contributed by atoms with van der Waals surface area (Å²) in [6.07, 6.45) is -0.414. The molecule has 0 aliphatic heterocycles. The van der Waals surface area contributed by atoms with Crippen LogP contribution in [0.4, 0.5) is 4.79 Å². The Hall–Kier alpha value is -1.79. The van der Waals surface area contributed by atoms with Crippen molar-refractivity contribution in [3.63, 3.8) is 0 Å². The summed E-state index contributed by atoms with van der Waals surface area (Å²) in [6, 6.07) is 7.28. The van der Waals surface area contributed by atoms with Crippen LogP contribution in [-0.4, -0.2) is 39.2 Å². The molecule has 0 heterocycles. The van der Waals surface area contributed by atoms with Gasteiger partial charge < -0.3 is 24.8 Å². The van der Waals surface area contributed by atoms with Crippen molar-refractivity contribution in [3.8, 4) is 5.75 Å². The lowest BCUT2D eigenvalue weighted by Crippen LogP contribution is -2.41. The van der Waals surface area contributed by atoms with Crippen molar-refractivity contribution >= 4 is 6.03 Å². The average Bonchev–Trinajstić information content (AvgIpc) is 2.51. The molecule has 1 rings (SSSR count). The van der Waals surface area contributed by atoms with Crippen LogP contribution in [0.1, 0.15) is 19.4 Å². The van der Waals surface area contributed by atoms with Gasteiger partial charge in [-0.1, -0.05) is 12.1 Å². The van der Waals surface area contributed by atoms with E-state index in [9.17, 15) is 4.79 Å². The highest BCUT2D eigenvalue weighted by atomic mass is 16.7. The number of amides is 2. The van der Waals surface area contributed by atoms with Crippen LogP contribution < -0.4 is 15.4 Å². The molecule has 1 aromatic rings. The Morgan fingerprint density at radius 3 is 2.52 bits per heavy atom. The molecule has 2 amide bonds. The first-order valence-electron chi connectivity index (χ1n) is 7.07. The zero-order chi connectivity index (χ0) is 15.5. The van der Waals surface area contributed by atoms with Crippen LogP contribution in [0.2, 0.25) is 0 Å². The SMILES string of the molecule is CCOC(CNC(=O)NCc1cccc(OC)c1)OCC. The highest BCUT2D eigenvalue weighted by Gasteiger charge is 2.09. The van der Waals surface area contributed by atoms with Crippen LogP contribution in [0.25, 0.3) is 0 Å². The van der Waals surface area contributed by atoms with Gasteiger partial charge in [-0.2, -0.15) is 0 Å². The standard InChI is InChI=1S/C15H24N2O4/c1-4-20-14(21-5-2)11-17-15(18)16-10-12-7-6-8-13(9-12)19-3/h6-9,14H,4-5,10-11H2,1-3H3,(H2,16,17,18). The molecule has 0 saturated carbocycles. The van der Waals surface area contributed by atoms with E-state index in [1.165, 1.54) is 0 Å². The molecule has 0 saturated heterocycles. The number of hydrogen-bond acceptors (Lipinski definition) is 4. The molecule has 0 aromatic heterocycles. The molecule has 2 N–H and O–H groups in total. The number of nitrogens with one attached hydrogen (secondary N) is 2. The number of carbonyl (C=O) groups excluding carboxylic acids is 1. The maximum Gasteiger partial charge on any atom is 0.315 e. The topological polar surface area (TPSA) is 68.8 Å². The minimum Gasteiger partial charge on any atom is -0.497 e. The number of urea groups is 1. The lowest BCUT2D eigenvalue weighted by Gasteiger charge is -2.17. The number of benzene rings is 1. The summed E-state index contributed by atoms with van der Waals surface area (Å²) in [5, 5.41) is 5.49. The van der Waals surface area contributed by atoms with Crippen molar-refractivity contribution in [3.05, 3.63) is 29.8 Å². The number of carbonyl (C=O) groups is 1. The summed E-state index contributed by atoms with van der Waals surface area (Å²) >= 11 is 0. The third-order valence-corrected chi connectivity index (χ3v) is 2.72. The van der Waals surface area contributed by atoms with E-state index in [1.807, 2.05) is 38.1 Å². The molecule has 6 heteroatoms. The number of hydrogen-bond donors (Lipinski definition) is 2. The van der Waals surface area contributed by atoms with Crippen LogP contribution in [0, 0.1) is 0 Å². The minimum atomic E-state index is -0.414. The monoisotopic (exact) mass is 296 g/mol. The van der Waals surface area contributed by atoms with E-state index in [0.29, 0.717) is 26.3 Å². The van der Waals surface area contributed by atoms with Gasteiger partial charge in [-0.15, -0.1) is 0 Å². The van der Waals surface area contributed by atoms with Crippen molar-refractivity contribution in [1.82, 2.24) is 10.6 Å². The molecule has 0 aliphatic carbocycles. The first-order chi connectivity index (χ1) is 10.2. The lowest BCUT2D eigenvalue weighted by molar-refractivity contribution is -0.131. The van der Waals surface area contributed by atoms with E-state index < -0.39 is 6.29 Å². The van der Waals surface area contributed by atoms with Gasteiger partial charge in [0.05, 0.1) is 13.7 Å². The van der Waals surface area contributed by atoms with Crippen LogP contribution in [0.3, 0.4) is 0 Å². The van der Waals surface area contributed by atoms with Crippen LogP contribution in [0.15, 0.2) is 24.3 Å². The quantitative estimate of drug-likeness (QED) is 0.683. The molecule has 0 atom stereocenters. The van der Waals surface area contributed by atoms with Gasteiger partial charge in [0, 0.05) is 19.8 Å². The minimum absolute atomic E-state index is 0.262. The molecule has 0 unspecified atom stereocenters. The third kappa shape index (κ3) is 6.97. The first-order valence-corrected chi connectivity index (χ1v) is 7.07. The molecular formula is C15H24N2O4. The van der Waals surface area contributed by atoms with E-state index in [2.05, 4.69) is 10.6 Å².